The fourth-order valence-electron chi connectivity index (χ4n) is 2.78. The summed E-state index contributed by atoms with van der Waals surface area (Å²) in [5.41, 5.74) is -0.191. The largest absolute Gasteiger partial charge is 0.459 e. The van der Waals surface area contributed by atoms with Gasteiger partial charge in [-0.25, -0.2) is 0 Å². The smallest absolute Gasteiger partial charge is 0.306 e. The highest BCUT2D eigenvalue weighted by molar-refractivity contribution is 5.72. The van der Waals surface area contributed by atoms with E-state index in [1.54, 1.807) is 0 Å². The molecule has 2 rings (SSSR count). The molecule has 0 aromatic carbocycles. The van der Waals surface area contributed by atoms with Crippen LogP contribution < -0.4 is 5.32 Å². The maximum absolute atomic E-state index is 11.9. The Morgan fingerprint density at radius 3 is 2.70 bits per heavy atom. The lowest BCUT2D eigenvalue weighted by molar-refractivity contribution is -0.154. The van der Waals surface area contributed by atoms with Crippen molar-refractivity contribution >= 4 is 11.9 Å². The van der Waals surface area contributed by atoms with E-state index in [0.717, 1.165) is 51.7 Å². The van der Waals surface area contributed by atoms with Crippen LogP contribution in [0.3, 0.4) is 0 Å². The number of rotatable bonds is 8. The zero-order valence-electron chi connectivity index (χ0n) is 12.3. The minimum atomic E-state index is -0.191. The zero-order chi connectivity index (χ0) is 14.4. The van der Waals surface area contributed by atoms with Crippen molar-refractivity contribution in [3.63, 3.8) is 0 Å². The first kappa shape index (κ1) is 15.3. The third-order valence-corrected chi connectivity index (χ3v) is 4.17. The molecule has 20 heavy (non-hydrogen) atoms. The summed E-state index contributed by atoms with van der Waals surface area (Å²) >= 11 is 0. The van der Waals surface area contributed by atoms with E-state index in [0.29, 0.717) is 18.9 Å². The summed E-state index contributed by atoms with van der Waals surface area (Å²) in [4.78, 5) is 22.5. The summed E-state index contributed by atoms with van der Waals surface area (Å²) in [5.74, 6) is 0.332. The summed E-state index contributed by atoms with van der Waals surface area (Å²) in [5, 5.41) is 2.75. The molecule has 1 aliphatic heterocycles. The molecule has 5 nitrogen and oxygen atoms in total. The Kier molecular flexibility index (Phi) is 5.40. The summed E-state index contributed by atoms with van der Waals surface area (Å²) in [7, 11) is 0. The lowest BCUT2D eigenvalue weighted by Crippen LogP contribution is -2.29. The van der Waals surface area contributed by atoms with Gasteiger partial charge in [-0.05, 0) is 32.1 Å². The molecular weight excluding hydrogens is 258 g/mol. The SMILES string of the molecule is CC(=O)NCCCCCC(=O)OC1(C2CCOC2)CC1. The number of unbranched alkanes of at least 4 members (excludes halogenated alkanes) is 2. The first-order valence-corrected chi connectivity index (χ1v) is 7.66. The molecule has 1 atom stereocenters. The lowest BCUT2D eigenvalue weighted by Gasteiger charge is -2.22. The van der Waals surface area contributed by atoms with Gasteiger partial charge in [-0.1, -0.05) is 6.42 Å². The van der Waals surface area contributed by atoms with E-state index in [9.17, 15) is 9.59 Å². The van der Waals surface area contributed by atoms with Crippen molar-refractivity contribution in [1.29, 1.82) is 0 Å². The Balaban J connectivity index is 1.55. The highest BCUT2D eigenvalue weighted by atomic mass is 16.6. The molecule has 0 aromatic heterocycles. The maximum Gasteiger partial charge on any atom is 0.306 e. The molecule has 0 aromatic rings. The first-order chi connectivity index (χ1) is 9.62. The van der Waals surface area contributed by atoms with Gasteiger partial charge in [0, 0.05) is 32.4 Å². The fraction of sp³-hybridized carbons (Fsp3) is 0.867. The number of amides is 1. The van der Waals surface area contributed by atoms with Crippen molar-refractivity contribution in [1.82, 2.24) is 5.32 Å². The Morgan fingerprint density at radius 2 is 2.10 bits per heavy atom. The average molecular weight is 283 g/mol. The normalized spacial score (nSPS) is 23.4. The number of carbonyl (C=O) groups is 2. The minimum Gasteiger partial charge on any atom is -0.459 e. The van der Waals surface area contributed by atoms with Gasteiger partial charge in [0.05, 0.1) is 6.61 Å². The number of carbonyl (C=O) groups excluding carboxylic acids is 2. The van der Waals surface area contributed by atoms with Gasteiger partial charge in [-0.2, -0.15) is 0 Å². The first-order valence-electron chi connectivity index (χ1n) is 7.66. The predicted molar refractivity (Wildman–Crippen MR) is 74.1 cm³/mol. The molecule has 1 heterocycles. The van der Waals surface area contributed by atoms with Gasteiger partial charge in [-0.15, -0.1) is 0 Å². The van der Waals surface area contributed by atoms with Crippen LogP contribution in [0.2, 0.25) is 0 Å². The van der Waals surface area contributed by atoms with Gasteiger partial charge in [-0.3, -0.25) is 9.59 Å². The Bertz CT molecular complexity index is 346. The minimum absolute atomic E-state index is 0.00105. The highest BCUT2D eigenvalue weighted by Gasteiger charge is 2.53. The Hall–Kier alpha value is -1.10. The highest BCUT2D eigenvalue weighted by Crippen LogP contribution is 2.49. The lowest BCUT2D eigenvalue weighted by atomic mass is 9.99. The van der Waals surface area contributed by atoms with Gasteiger partial charge in [0.25, 0.3) is 0 Å². The van der Waals surface area contributed by atoms with Crippen molar-refractivity contribution in [2.24, 2.45) is 5.92 Å². The van der Waals surface area contributed by atoms with Gasteiger partial charge < -0.3 is 14.8 Å². The molecule has 0 bridgehead atoms. The molecule has 114 valence electrons. The fourth-order valence-corrected chi connectivity index (χ4v) is 2.78. The number of esters is 1. The van der Waals surface area contributed by atoms with Crippen molar-refractivity contribution in [3.8, 4) is 0 Å². The second-order valence-electron chi connectivity index (χ2n) is 5.89. The Labute approximate surface area is 120 Å². The molecule has 1 saturated heterocycles. The maximum atomic E-state index is 11.9. The van der Waals surface area contributed by atoms with E-state index >= 15 is 0 Å². The predicted octanol–water partition coefficient (Wildman–Crippen LogP) is 1.80. The van der Waals surface area contributed by atoms with Crippen LogP contribution in [-0.4, -0.2) is 37.2 Å². The van der Waals surface area contributed by atoms with E-state index in [1.807, 2.05) is 0 Å². The number of hydrogen-bond donors (Lipinski definition) is 1. The topological polar surface area (TPSA) is 64.6 Å². The third kappa shape index (κ3) is 4.47. The summed E-state index contributed by atoms with van der Waals surface area (Å²) in [6, 6.07) is 0. The molecule has 1 N–H and O–H groups in total. The molecule has 0 spiro atoms. The number of nitrogens with one attached hydrogen (secondary N) is 1. The van der Waals surface area contributed by atoms with Crippen LogP contribution in [0.25, 0.3) is 0 Å². The van der Waals surface area contributed by atoms with E-state index in [1.165, 1.54) is 6.92 Å². The van der Waals surface area contributed by atoms with Crippen LogP contribution in [-0.2, 0) is 19.1 Å². The van der Waals surface area contributed by atoms with E-state index in [-0.39, 0.29) is 17.5 Å². The van der Waals surface area contributed by atoms with Crippen LogP contribution in [0.15, 0.2) is 0 Å². The van der Waals surface area contributed by atoms with Crippen LogP contribution in [0.5, 0.6) is 0 Å². The molecule has 2 fully saturated rings. The molecule has 2 aliphatic rings. The number of hydrogen-bond acceptors (Lipinski definition) is 4. The molecule has 1 aliphatic carbocycles. The summed E-state index contributed by atoms with van der Waals surface area (Å²) < 4.78 is 11.1. The summed E-state index contributed by atoms with van der Waals surface area (Å²) in [6.45, 7) is 3.74. The second kappa shape index (κ2) is 7.07. The second-order valence-corrected chi connectivity index (χ2v) is 5.89. The van der Waals surface area contributed by atoms with Crippen LogP contribution in [0, 0.1) is 5.92 Å². The standard InChI is InChI=1S/C15H25NO4/c1-12(17)16-9-4-2-3-5-14(18)20-15(7-8-15)13-6-10-19-11-13/h13H,2-11H2,1H3,(H,16,17). The zero-order valence-corrected chi connectivity index (χ0v) is 12.3. The molecular formula is C15H25NO4. The van der Waals surface area contributed by atoms with Crippen LogP contribution in [0.1, 0.15) is 51.9 Å². The molecule has 5 heteroatoms. The van der Waals surface area contributed by atoms with Crippen molar-refractivity contribution in [2.45, 2.75) is 57.5 Å². The van der Waals surface area contributed by atoms with E-state index < -0.39 is 0 Å². The van der Waals surface area contributed by atoms with Crippen LogP contribution in [0.4, 0.5) is 0 Å². The van der Waals surface area contributed by atoms with Crippen molar-refractivity contribution in [2.75, 3.05) is 19.8 Å². The van der Waals surface area contributed by atoms with Crippen molar-refractivity contribution in [3.05, 3.63) is 0 Å². The average Bonchev–Trinajstić information content (AvgIpc) is 2.96. The van der Waals surface area contributed by atoms with Gasteiger partial charge >= 0.3 is 5.97 Å². The molecule has 1 amide bonds. The van der Waals surface area contributed by atoms with Gasteiger partial charge in [0.15, 0.2) is 0 Å². The van der Waals surface area contributed by atoms with Gasteiger partial charge in [0.2, 0.25) is 5.91 Å². The number of ether oxygens (including phenoxy) is 2. The molecule has 1 unspecified atom stereocenters. The molecule has 0 radical (unpaired) electrons. The van der Waals surface area contributed by atoms with Gasteiger partial charge in [0.1, 0.15) is 5.60 Å². The Morgan fingerprint density at radius 1 is 1.30 bits per heavy atom. The quantitative estimate of drug-likeness (QED) is 0.545. The summed E-state index contributed by atoms with van der Waals surface area (Å²) in [6.07, 6.45) is 6.17. The van der Waals surface area contributed by atoms with E-state index in [2.05, 4.69) is 5.32 Å². The third-order valence-electron chi connectivity index (χ3n) is 4.17. The van der Waals surface area contributed by atoms with Crippen molar-refractivity contribution < 1.29 is 19.1 Å². The van der Waals surface area contributed by atoms with E-state index in [4.69, 9.17) is 9.47 Å². The monoisotopic (exact) mass is 283 g/mol. The molecule has 1 saturated carbocycles. The van der Waals surface area contributed by atoms with Crippen LogP contribution >= 0.6 is 0 Å².